The summed E-state index contributed by atoms with van der Waals surface area (Å²) in [6.45, 7) is 8.31. The number of anilines is 1. The monoisotopic (exact) mass is 284 g/mol. The first-order valence-corrected chi connectivity index (χ1v) is 7.83. The molecule has 3 nitrogen and oxygen atoms in total. The molecule has 2 aromatic rings. The molecule has 0 bridgehead atoms. The van der Waals surface area contributed by atoms with Gasteiger partial charge in [0.1, 0.15) is 5.76 Å². The minimum atomic E-state index is 0.661. The second-order valence-corrected chi connectivity index (χ2v) is 6.19. The summed E-state index contributed by atoms with van der Waals surface area (Å²) in [4.78, 5) is 2.45. The summed E-state index contributed by atoms with van der Waals surface area (Å²) in [5.41, 5.74) is 4.13. The zero-order chi connectivity index (χ0) is 14.7. The quantitative estimate of drug-likeness (QED) is 0.878. The van der Waals surface area contributed by atoms with Gasteiger partial charge >= 0.3 is 0 Å². The Kier molecular flexibility index (Phi) is 4.30. The first-order chi connectivity index (χ1) is 10.2. The van der Waals surface area contributed by atoms with Gasteiger partial charge in [0.25, 0.3) is 0 Å². The third-order valence-electron chi connectivity index (χ3n) is 4.02. The van der Waals surface area contributed by atoms with Crippen LogP contribution >= 0.6 is 0 Å². The standard InChI is InChI=1S/C18H24N2O/c1-14(2)11-19-12-18-16(8-10-21-18)13-20-9-7-15-5-3-4-6-17(15)20/h3-6,8,10,14,19H,7,9,11-13H2,1-2H3. The van der Waals surface area contributed by atoms with Crippen molar-refractivity contribution in [3.8, 4) is 0 Å². The molecule has 112 valence electrons. The SMILES string of the molecule is CC(C)CNCc1occc1CN1CCc2ccccc21. The van der Waals surface area contributed by atoms with Crippen LogP contribution in [0.2, 0.25) is 0 Å². The maximum Gasteiger partial charge on any atom is 0.122 e. The number of fused-ring (bicyclic) bond motifs is 1. The highest BCUT2D eigenvalue weighted by molar-refractivity contribution is 5.58. The Labute approximate surface area is 127 Å². The molecule has 1 N–H and O–H groups in total. The summed E-state index contributed by atoms with van der Waals surface area (Å²) in [5.74, 6) is 1.73. The number of hydrogen-bond acceptors (Lipinski definition) is 3. The van der Waals surface area contributed by atoms with E-state index in [0.29, 0.717) is 5.92 Å². The van der Waals surface area contributed by atoms with E-state index in [4.69, 9.17) is 4.42 Å². The maximum atomic E-state index is 5.66. The molecule has 1 aliphatic heterocycles. The van der Waals surface area contributed by atoms with E-state index in [1.165, 1.54) is 16.8 Å². The number of benzene rings is 1. The highest BCUT2D eigenvalue weighted by Crippen LogP contribution is 2.29. The second kappa shape index (κ2) is 6.35. The van der Waals surface area contributed by atoms with Crippen LogP contribution in [0, 0.1) is 5.92 Å². The summed E-state index contributed by atoms with van der Waals surface area (Å²) in [6, 6.07) is 10.8. The summed E-state index contributed by atoms with van der Waals surface area (Å²) in [5, 5.41) is 3.46. The van der Waals surface area contributed by atoms with Gasteiger partial charge < -0.3 is 14.6 Å². The smallest absolute Gasteiger partial charge is 0.122 e. The maximum absolute atomic E-state index is 5.66. The lowest BCUT2D eigenvalue weighted by Gasteiger charge is -2.19. The summed E-state index contributed by atoms with van der Waals surface area (Å²) in [7, 11) is 0. The van der Waals surface area contributed by atoms with E-state index >= 15 is 0 Å². The Bertz CT molecular complexity index is 588. The molecule has 1 aliphatic rings. The zero-order valence-corrected chi connectivity index (χ0v) is 12.9. The van der Waals surface area contributed by atoms with Crippen molar-refractivity contribution in [1.29, 1.82) is 0 Å². The van der Waals surface area contributed by atoms with Gasteiger partial charge in [0.15, 0.2) is 0 Å². The van der Waals surface area contributed by atoms with E-state index in [1.807, 2.05) is 6.26 Å². The minimum Gasteiger partial charge on any atom is -0.468 e. The first kappa shape index (κ1) is 14.2. The van der Waals surface area contributed by atoms with E-state index in [2.05, 4.69) is 54.4 Å². The van der Waals surface area contributed by atoms with E-state index in [-0.39, 0.29) is 0 Å². The van der Waals surface area contributed by atoms with Gasteiger partial charge in [-0.3, -0.25) is 0 Å². The molecule has 0 saturated carbocycles. The Balaban J connectivity index is 1.65. The van der Waals surface area contributed by atoms with Crippen LogP contribution in [0.4, 0.5) is 5.69 Å². The fourth-order valence-corrected chi connectivity index (χ4v) is 2.91. The van der Waals surface area contributed by atoms with Crippen LogP contribution in [-0.4, -0.2) is 13.1 Å². The van der Waals surface area contributed by atoms with Crippen molar-refractivity contribution in [1.82, 2.24) is 5.32 Å². The predicted molar refractivity (Wildman–Crippen MR) is 86.4 cm³/mol. The molecule has 3 rings (SSSR count). The molecule has 0 aliphatic carbocycles. The molecular formula is C18H24N2O. The largest absolute Gasteiger partial charge is 0.468 e. The molecule has 1 aromatic heterocycles. The molecule has 21 heavy (non-hydrogen) atoms. The van der Waals surface area contributed by atoms with Crippen molar-refractivity contribution in [3.63, 3.8) is 0 Å². The van der Waals surface area contributed by atoms with Crippen molar-refractivity contribution >= 4 is 5.69 Å². The number of nitrogens with zero attached hydrogens (tertiary/aromatic N) is 1. The van der Waals surface area contributed by atoms with Gasteiger partial charge in [-0.2, -0.15) is 0 Å². The van der Waals surface area contributed by atoms with E-state index in [1.54, 1.807) is 0 Å². The van der Waals surface area contributed by atoms with E-state index in [9.17, 15) is 0 Å². The average Bonchev–Trinajstić information content (AvgIpc) is 3.07. The molecule has 0 unspecified atom stereocenters. The molecule has 0 fully saturated rings. The molecule has 0 spiro atoms. The Morgan fingerprint density at radius 1 is 1.24 bits per heavy atom. The lowest BCUT2D eigenvalue weighted by molar-refractivity contribution is 0.460. The fourth-order valence-electron chi connectivity index (χ4n) is 2.91. The zero-order valence-electron chi connectivity index (χ0n) is 12.9. The van der Waals surface area contributed by atoms with Gasteiger partial charge in [-0.15, -0.1) is 0 Å². The van der Waals surface area contributed by atoms with Crippen LogP contribution in [0.25, 0.3) is 0 Å². The first-order valence-electron chi connectivity index (χ1n) is 7.83. The summed E-state index contributed by atoms with van der Waals surface area (Å²) in [6.07, 6.45) is 2.96. The van der Waals surface area contributed by atoms with Crippen LogP contribution in [0.3, 0.4) is 0 Å². The summed E-state index contributed by atoms with van der Waals surface area (Å²) < 4.78 is 5.66. The van der Waals surface area contributed by atoms with Crippen molar-refractivity contribution in [2.75, 3.05) is 18.0 Å². The van der Waals surface area contributed by atoms with Crippen LogP contribution in [0.5, 0.6) is 0 Å². The Hall–Kier alpha value is -1.74. The molecule has 0 amide bonds. The van der Waals surface area contributed by atoms with Crippen molar-refractivity contribution in [2.45, 2.75) is 33.4 Å². The normalized spacial score (nSPS) is 14.0. The van der Waals surface area contributed by atoms with Crippen LogP contribution < -0.4 is 10.2 Å². The lowest BCUT2D eigenvalue weighted by atomic mass is 10.1. The van der Waals surface area contributed by atoms with Crippen molar-refractivity contribution in [2.24, 2.45) is 5.92 Å². The van der Waals surface area contributed by atoms with Gasteiger partial charge in [0.2, 0.25) is 0 Å². The number of furan rings is 1. The van der Waals surface area contributed by atoms with Gasteiger partial charge in [0.05, 0.1) is 12.8 Å². The number of para-hydroxylation sites is 1. The fraction of sp³-hybridized carbons (Fsp3) is 0.444. The third kappa shape index (κ3) is 3.30. The third-order valence-corrected chi connectivity index (χ3v) is 4.02. The van der Waals surface area contributed by atoms with Gasteiger partial charge in [0, 0.05) is 24.3 Å². The second-order valence-electron chi connectivity index (χ2n) is 6.19. The van der Waals surface area contributed by atoms with Gasteiger partial charge in [-0.05, 0) is 36.6 Å². The number of nitrogens with one attached hydrogen (secondary N) is 1. The molecule has 2 heterocycles. The molecule has 1 aromatic carbocycles. The van der Waals surface area contributed by atoms with Crippen molar-refractivity contribution in [3.05, 3.63) is 53.5 Å². The van der Waals surface area contributed by atoms with Crippen LogP contribution in [-0.2, 0) is 19.5 Å². The minimum absolute atomic E-state index is 0.661. The van der Waals surface area contributed by atoms with E-state index < -0.39 is 0 Å². The van der Waals surface area contributed by atoms with Crippen molar-refractivity contribution < 1.29 is 4.42 Å². The van der Waals surface area contributed by atoms with Gasteiger partial charge in [-0.1, -0.05) is 32.0 Å². The highest BCUT2D eigenvalue weighted by atomic mass is 16.3. The van der Waals surface area contributed by atoms with E-state index in [0.717, 1.165) is 38.4 Å². The highest BCUT2D eigenvalue weighted by Gasteiger charge is 2.20. The predicted octanol–water partition coefficient (Wildman–Crippen LogP) is 3.59. The average molecular weight is 284 g/mol. The number of rotatable bonds is 6. The molecule has 3 heteroatoms. The number of hydrogen-bond donors (Lipinski definition) is 1. The molecular weight excluding hydrogens is 260 g/mol. The summed E-state index contributed by atoms with van der Waals surface area (Å²) >= 11 is 0. The molecule has 0 atom stereocenters. The Morgan fingerprint density at radius 3 is 2.95 bits per heavy atom. The van der Waals surface area contributed by atoms with Crippen LogP contribution in [0.1, 0.15) is 30.7 Å². The van der Waals surface area contributed by atoms with Crippen LogP contribution in [0.15, 0.2) is 41.0 Å². The topological polar surface area (TPSA) is 28.4 Å². The van der Waals surface area contributed by atoms with Gasteiger partial charge in [-0.25, -0.2) is 0 Å². The molecule has 0 radical (unpaired) electrons. The Morgan fingerprint density at radius 2 is 2.10 bits per heavy atom. The molecule has 0 saturated heterocycles. The lowest BCUT2D eigenvalue weighted by Crippen LogP contribution is -2.22.